The summed E-state index contributed by atoms with van der Waals surface area (Å²) in [6.07, 6.45) is 3.29. The van der Waals surface area contributed by atoms with Gasteiger partial charge in [-0.25, -0.2) is 9.48 Å². The lowest BCUT2D eigenvalue weighted by Crippen LogP contribution is -2.35. The van der Waals surface area contributed by atoms with Crippen molar-refractivity contribution in [3.8, 4) is 5.69 Å². The van der Waals surface area contributed by atoms with Crippen molar-refractivity contribution in [3.05, 3.63) is 81.8 Å². The molecule has 0 saturated heterocycles. The largest absolute Gasteiger partial charge is 0.337 e. The van der Waals surface area contributed by atoms with Crippen LogP contribution in [0.2, 0.25) is 0 Å². The van der Waals surface area contributed by atoms with E-state index in [2.05, 4.69) is 34.9 Å². The van der Waals surface area contributed by atoms with Gasteiger partial charge < -0.3 is 10.6 Å². The number of rotatable bonds is 4. The molecule has 0 bridgehead atoms. The van der Waals surface area contributed by atoms with Crippen LogP contribution in [0.3, 0.4) is 0 Å². The molecule has 6 nitrogen and oxygen atoms in total. The zero-order valence-corrected chi connectivity index (χ0v) is 16.8. The van der Waals surface area contributed by atoms with Gasteiger partial charge in [-0.2, -0.15) is 0 Å². The number of nitrogens with zero attached hydrogens (tertiary/aromatic N) is 2. The molecule has 0 fully saturated rings. The molecular formula is C23H26N4O2. The summed E-state index contributed by atoms with van der Waals surface area (Å²) in [4.78, 5) is 25.5. The first-order valence-electron chi connectivity index (χ1n) is 10.0. The highest BCUT2D eigenvalue weighted by Crippen LogP contribution is 2.30. The number of hydrogen-bond donors (Lipinski definition) is 2. The number of carbonyl (C=O) groups excluding carboxylic acids is 1. The molecule has 3 aromatic rings. The molecule has 1 heterocycles. The van der Waals surface area contributed by atoms with Crippen LogP contribution in [0.4, 0.5) is 10.5 Å². The summed E-state index contributed by atoms with van der Waals surface area (Å²) in [5, 5.41) is 5.73. The van der Waals surface area contributed by atoms with Crippen LogP contribution in [0.5, 0.6) is 0 Å². The van der Waals surface area contributed by atoms with Gasteiger partial charge in [0.25, 0.3) is 5.56 Å². The zero-order valence-electron chi connectivity index (χ0n) is 16.8. The Morgan fingerprint density at radius 3 is 2.62 bits per heavy atom. The summed E-state index contributed by atoms with van der Waals surface area (Å²) in [5.74, 6) is 0.309. The van der Waals surface area contributed by atoms with Crippen LogP contribution in [-0.4, -0.2) is 21.9 Å². The minimum Gasteiger partial charge on any atom is -0.337 e. The van der Waals surface area contributed by atoms with Gasteiger partial charge in [0.2, 0.25) is 0 Å². The van der Waals surface area contributed by atoms with Crippen LogP contribution in [0.1, 0.15) is 35.6 Å². The number of fused-ring (bicyclic) bond motifs is 1. The first-order valence-corrected chi connectivity index (χ1v) is 10.0. The molecule has 2 amide bonds. The lowest BCUT2D eigenvalue weighted by atomic mass is 9.83. The quantitative estimate of drug-likeness (QED) is 0.713. The van der Waals surface area contributed by atoms with E-state index >= 15 is 0 Å². The highest BCUT2D eigenvalue weighted by atomic mass is 16.2. The molecule has 150 valence electrons. The van der Waals surface area contributed by atoms with Gasteiger partial charge in [-0.1, -0.05) is 42.5 Å². The number of anilines is 1. The number of nitrogens with one attached hydrogen (secondary N) is 2. The molecule has 4 rings (SSSR count). The van der Waals surface area contributed by atoms with E-state index in [1.807, 2.05) is 44.3 Å². The van der Waals surface area contributed by atoms with Crippen molar-refractivity contribution < 1.29 is 4.79 Å². The lowest BCUT2D eigenvalue weighted by Gasteiger charge is -2.25. The maximum absolute atomic E-state index is 12.9. The second kappa shape index (κ2) is 7.99. The van der Waals surface area contributed by atoms with Crippen LogP contribution < -0.4 is 16.2 Å². The molecule has 0 radical (unpaired) electrons. The molecule has 29 heavy (non-hydrogen) atoms. The number of aryl methyl sites for hydroxylation is 1. The normalized spacial score (nSPS) is 15.6. The number of hydrogen-bond acceptors (Lipinski definition) is 2. The molecule has 1 atom stereocenters. The molecule has 1 aromatic heterocycles. The Morgan fingerprint density at radius 1 is 1.10 bits per heavy atom. The zero-order chi connectivity index (χ0) is 20.4. The van der Waals surface area contributed by atoms with Crippen molar-refractivity contribution in [1.82, 2.24) is 14.7 Å². The first-order chi connectivity index (χ1) is 14.1. The third-order valence-corrected chi connectivity index (χ3v) is 5.80. The topological polar surface area (TPSA) is 68.1 Å². The van der Waals surface area contributed by atoms with E-state index in [4.69, 9.17) is 0 Å². The monoisotopic (exact) mass is 390 g/mol. The van der Waals surface area contributed by atoms with Gasteiger partial charge in [0.05, 0.1) is 11.4 Å². The second-order valence-corrected chi connectivity index (χ2v) is 7.56. The van der Waals surface area contributed by atoms with Crippen molar-refractivity contribution in [2.24, 2.45) is 7.05 Å². The number of amides is 2. The molecule has 0 spiro atoms. The maximum atomic E-state index is 12.9. The van der Waals surface area contributed by atoms with Crippen molar-refractivity contribution in [3.63, 3.8) is 0 Å². The summed E-state index contributed by atoms with van der Waals surface area (Å²) < 4.78 is 3.31. The van der Waals surface area contributed by atoms with Gasteiger partial charge >= 0.3 is 6.03 Å². The highest BCUT2D eigenvalue weighted by Gasteiger charge is 2.22. The predicted molar refractivity (Wildman–Crippen MR) is 115 cm³/mol. The Labute approximate surface area is 170 Å². The Kier molecular flexibility index (Phi) is 5.25. The summed E-state index contributed by atoms with van der Waals surface area (Å²) in [6.45, 7) is 2.38. The van der Waals surface area contributed by atoms with E-state index in [1.54, 1.807) is 9.36 Å². The van der Waals surface area contributed by atoms with Crippen molar-refractivity contribution in [1.29, 1.82) is 0 Å². The van der Waals surface area contributed by atoms with E-state index in [0.717, 1.165) is 24.9 Å². The molecular weight excluding hydrogens is 364 g/mol. The maximum Gasteiger partial charge on any atom is 0.319 e. The standard InChI is InChI=1S/C23H26N4O2/c1-16-21(22(28)27(26(16)2)19-12-4-3-5-13-19)25-23(29)24-15-18-11-8-10-17-9-6-7-14-20(17)18/h3-7,9,12-14,18H,8,10-11,15H2,1-2H3,(H2,24,25,29)/t18-/m0/s1. The molecule has 6 heteroatoms. The molecule has 1 aliphatic rings. The number of urea groups is 1. The molecule has 0 saturated carbocycles. The van der Waals surface area contributed by atoms with Crippen molar-refractivity contribution in [2.75, 3.05) is 11.9 Å². The summed E-state index contributed by atoms with van der Waals surface area (Å²) in [6, 6.07) is 17.5. The summed E-state index contributed by atoms with van der Waals surface area (Å²) in [7, 11) is 1.81. The van der Waals surface area contributed by atoms with E-state index < -0.39 is 0 Å². The van der Waals surface area contributed by atoms with Crippen LogP contribution in [0.15, 0.2) is 59.4 Å². The lowest BCUT2D eigenvalue weighted by molar-refractivity contribution is 0.251. The highest BCUT2D eigenvalue weighted by molar-refractivity contribution is 5.89. The average Bonchev–Trinajstić information content (AvgIpc) is 2.96. The van der Waals surface area contributed by atoms with Crippen LogP contribution in [-0.2, 0) is 13.5 Å². The molecule has 0 aliphatic heterocycles. The van der Waals surface area contributed by atoms with Crippen LogP contribution >= 0.6 is 0 Å². The predicted octanol–water partition coefficient (Wildman–Crippen LogP) is 3.73. The average molecular weight is 390 g/mol. The van der Waals surface area contributed by atoms with Gasteiger partial charge in [-0.3, -0.25) is 9.48 Å². The van der Waals surface area contributed by atoms with Crippen molar-refractivity contribution >= 4 is 11.7 Å². The minimum absolute atomic E-state index is 0.241. The smallest absolute Gasteiger partial charge is 0.319 e. The van der Waals surface area contributed by atoms with Gasteiger partial charge in [0.1, 0.15) is 5.69 Å². The SMILES string of the molecule is Cc1c(NC(=O)NC[C@@H]2CCCc3ccccc32)c(=O)n(-c2ccccc2)n1C. The molecule has 2 N–H and O–H groups in total. The number of benzene rings is 2. The van der Waals surface area contributed by atoms with E-state index in [9.17, 15) is 9.59 Å². The third-order valence-electron chi connectivity index (χ3n) is 5.80. The number of aromatic nitrogens is 2. The van der Waals surface area contributed by atoms with Gasteiger partial charge in [-0.15, -0.1) is 0 Å². The fourth-order valence-electron chi connectivity index (χ4n) is 4.15. The van der Waals surface area contributed by atoms with Gasteiger partial charge in [0.15, 0.2) is 0 Å². The van der Waals surface area contributed by atoms with Gasteiger partial charge in [-0.05, 0) is 49.4 Å². The Morgan fingerprint density at radius 2 is 1.83 bits per heavy atom. The van der Waals surface area contributed by atoms with E-state index in [0.29, 0.717) is 23.8 Å². The Bertz CT molecular complexity index is 1080. The first kappa shape index (κ1) is 19.1. The molecule has 1 aliphatic carbocycles. The fraction of sp³-hybridized carbons (Fsp3) is 0.304. The molecule has 0 unspecified atom stereocenters. The van der Waals surface area contributed by atoms with Crippen LogP contribution in [0, 0.1) is 6.92 Å². The Balaban J connectivity index is 1.48. The number of carbonyl (C=O) groups is 1. The summed E-state index contributed by atoms with van der Waals surface area (Å²) in [5.41, 5.74) is 4.22. The second-order valence-electron chi connectivity index (χ2n) is 7.56. The van der Waals surface area contributed by atoms with Crippen LogP contribution in [0.25, 0.3) is 5.69 Å². The minimum atomic E-state index is -0.348. The fourth-order valence-corrected chi connectivity index (χ4v) is 4.15. The van der Waals surface area contributed by atoms with Gasteiger partial charge in [0, 0.05) is 19.5 Å². The number of para-hydroxylation sites is 1. The third kappa shape index (κ3) is 3.70. The summed E-state index contributed by atoms with van der Waals surface area (Å²) >= 11 is 0. The molecule has 2 aromatic carbocycles. The van der Waals surface area contributed by atoms with Crippen molar-refractivity contribution in [2.45, 2.75) is 32.1 Å². The Hall–Kier alpha value is -3.28. The van der Waals surface area contributed by atoms with E-state index in [1.165, 1.54) is 11.1 Å². The van der Waals surface area contributed by atoms with E-state index in [-0.39, 0.29) is 11.6 Å².